The molecule has 1 unspecified atom stereocenters. The Hall–Kier alpha value is -2.03. The summed E-state index contributed by atoms with van der Waals surface area (Å²) in [6.45, 7) is 1.59. The van der Waals surface area contributed by atoms with E-state index in [0.29, 0.717) is 10.0 Å². The van der Waals surface area contributed by atoms with Gasteiger partial charge >= 0.3 is 11.7 Å². The predicted molar refractivity (Wildman–Crippen MR) is 75.8 cm³/mol. The van der Waals surface area contributed by atoms with Crippen LogP contribution in [0.3, 0.4) is 0 Å². The highest BCUT2D eigenvalue weighted by atomic mass is 79.9. The zero-order valence-corrected chi connectivity index (χ0v) is 12.9. The molecule has 1 aliphatic heterocycles. The van der Waals surface area contributed by atoms with Gasteiger partial charge in [-0.25, -0.2) is 4.98 Å². The lowest BCUT2D eigenvalue weighted by atomic mass is 10.1. The van der Waals surface area contributed by atoms with Crippen molar-refractivity contribution >= 4 is 39.3 Å². The molecule has 8 nitrogen and oxygen atoms in total. The van der Waals surface area contributed by atoms with E-state index in [1.54, 1.807) is 6.92 Å². The number of pyridine rings is 1. The van der Waals surface area contributed by atoms with Crippen molar-refractivity contribution in [1.29, 1.82) is 0 Å². The van der Waals surface area contributed by atoms with Crippen molar-refractivity contribution < 1.29 is 19.2 Å². The van der Waals surface area contributed by atoms with Gasteiger partial charge in [-0.1, -0.05) is 0 Å². The minimum Gasteiger partial charge on any atom is -0.469 e. The van der Waals surface area contributed by atoms with E-state index in [-0.39, 0.29) is 30.4 Å². The quantitative estimate of drug-likeness (QED) is 0.462. The lowest BCUT2D eigenvalue weighted by Gasteiger charge is -2.16. The molecule has 0 aromatic carbocycles. The Bertz CT molecular complexity index is 634. The van der Waals surface area contributed by atoms with Crippen LogP contribution in [0.5, 0.6) is 0 Å². The van der Waals surface area contributed by atoms with Crippen LogP contribution < -0.4 is 4.90 Å². The molecule has 0 aliphatic carbocycles. The molecule has 1 aromatic rings. The summed E-state index contributed by atoms with van der Waals surface area (Å²) >= 11 is 3.17. The molecule has 1 aliphatic rings. The van der Waals surface area contributed by atoms with Gasteiger partial charge in [-0.2, -0.15) is 0 Å². The number of anilines is 1. The number of halogens is 1. The number of rotatable bonds is 3. The van der Waals surface area contributed by atoms with E-state index >= 15 is 0 Å². The lowest BCUT2D eigenvalue weighted by molar-refractivity contribution is -0.384. The maximum absolute atomic E-state index is 12.0. The van der Waals surface area contributed by atoms with Crippen molar-refractivity contribution in [3.05, 3.63) is 26.3 Å². The van der Waals surface area contributed by atoms with Gasteiger partial charge in [0.15, 0.2) is 0 Å². The second kappa shape index (κ2) is 5.76. The molecular formula is C12H12BrN3O5. The molecule has 9 heteroatoms. The number of esters is 1. The molecule has 0 radical (unpaired) electrons. The van der Waals surface area contributed by atoms with Crippen LogP contribution >= 0.6 is 15.9 Å². The summed E-state index contributed by atoms with van der Waals surface area (Å²) in [6.07, 6.45) is 1.36. The molecule has 1 fully saturated rings. The molecule has 0 spiro atoms. The van der Waals surface area contributed by atoms with Crippen molar-refractivity contribution in [2.45, 2.75) is 13.3 Å². The third-order valence-electron chi connectivity index (χ3n) is 3.32. The number of carbonyl (C=O) groups excluding carboxylic acids is 2. The Morgan fingerprint density at radius 2 is 2.29 bits per heavy atom. The maximum atomic E-state index is 12.0. The van der Waals surface area contributed by atoms with E-state index in [9.17, 15) is 19.7 Å². The fraction of sp³-hybridized carbons (Fsp3) is 0.417. The lowest BCUT2D eigenvalue weighted by Crippen LogP contribution is -2.28. The second-order valence-corrected chi connectivity index (χ2v) is 5.44. The van der Waals surface area contributed by atoms with Crippen molar-refractivity contribution in [3.63, 3.8) is 0 Å². The summed E-state index contributed by atoms with van der Waals surface area (Å²) in [5, 5.41) is 11.2. The first-order valence-corrected chi connectivity index (χ1v) is 6.83. The molecule has 0 saturated carbocycles. The smallest absolute Gasteiger partial charge is 0.316 e. The molecule has 1 aromatic heterocycles. The SMILES string of the molecule is COC(=O)C1CC(=O)N(c2ncc(Br)c(C)c2[N+](=O)[O-])C1. The molecule has 1 saturated heterocycles. The Morgan fingerprint density at radius 3 is 2.86 bits per heavy atom. The third kappa shape index (κ3) is 2.73. The van der Waals surface area contributed by atoms with E-state index in [1.807, 2.05) is 0 Å². The van der Waals surface area contributed by atoms with Crippen LogP contribution in [0.15, 0.2) is 10.7 Å². The molecular weight excluding hydrogens is 346 g/mol. The Labute approximate surface area is 128 Å². The maximum Gasteiger partial charge on any atom is 0.316 e. The number of nitrogens with zero attached hydrogens (tertiary/aromatic N) is 3. The van der Waals surface area contributed by atoms with E-state index in [0.717, 1.165) is 0 Å². The van der Waals surface area contributed by atoms with Crippen LogP contribution in [-0.4, -0.2) is 35.4 Å². The van der Waals surface area contributed by atoms with Gasteiger partial charge in [-0.05, 0) is 22.9 Å². The third-order valence-corrected chi connectivity index (χ3v) is 4.12. The first-order valence-electron chi connectivity index (χ1n) is 6.04. The van der Waals surface area contributed by atoms with Crippen LogP contribution in [-0.2, 0) is 14.3 Å². The van der Waals surface area contributed by atoms with E-state index in [4.69, 9.17) is 0 Å². The van der Waals surface area contributed by atoms with Crippen LogP contribution in [0.2, 0.25) is 0 Å². The average molecular weight is 358 g/mol. The van der Waals surface area contributed by atoms with Crippen LogP contribution in [0.4, 0.5) is 11.5 Å². The number of carbonyl (C=O) groups is 2. The summed E-state index contributed by atoms with van der Waals surface area (Å²) in [5.41, 5.74) is 0.127. The van der Waals surface area contributed by atoms with Gasteiger partial charge in [-0.15, -0.1) is 0 Å². The van der Waals surface area contributed by atoms with Crippen molar-refractivity contribution in [1.82, 2.24) is 4.98 Å². The van der Waals surface area contributed by atoms with Crippen molar-refractivity contribution in [2.75, 3.05) is 18.6 Å². The summed E-state index contributed by atoms with van der Waals surface area (Å²) in [7, 11) is 1.24. The normalized spacial score (nSPS) is 18.0. The molecule has 1 amide bonds. The summed E-state index contributed by atoms with van der Waals surface area (Å²) in [6, 6.07) is 0. The standard InChI is InChI=1S/C12H12BrN3O5/c1-6-8(13)4-14-11(10(6)16(19)20)15-5-7(3-9(15)17)12(18)21-2/h4,7H,3,5H2,1-2H3. The second-order valence-electron chi connectivity index (χ2n) is 4.59. The number of amides is 1. The zero-order valence-electron chi connectivity index (χ0n) is 11.3. The Kier molecular flexibility index (Phi) is 4.21. The van der Waals surface area contributed by atoms with Gasteiger partial charge in [0, 0.05) is 29.2 Å². The molecule has 0 bridgehead atoms. The average Bonchev–Trinajstić information content (AvgIpc) is 2.82. The molecule has 2 rings (SSSR count). The van der Waals surface area contributed by atoms with Crippen molar-refractivity contribution in [2.24, 2.45) is 5.92 Å². The van der Waals surface area contributed by atoms with Gasteiger partial charge in [0.05, 0.1) is 18.0 Å². The minimum atomic E-state index is -0.632. The zero-order chi connectivity index (χ0) is 15.7. The molecule has 2 heterocycles. The topological polar surface area (TPSA) is 103 Å². The van der Waals surface area contributed by atoms with Crippen LogP contribution in [0.1, 0.15) is 12.0 Å². The van der Waals surface area contributed by atoms with Gasteiger partial charge in [0.1, 0.15) is 0 Å². The highest BCUT2D eigenvalue weighted by molar-refractivity contribution is 9.10. The monoisotopic (exact) mass is 357 g/mol. The van der Waals surface area contributed by atoms with Gasteiger partial charge in [-0.3, -0.25) is 24.6 Å². The van der Waals surface area contributed by atoms with E-state index < -0.39 is 16.8 Å². The number of hydrogen-bond donors (Lipinski definition) is 0. The van der Waals surface area contributed by atoms with Crippen LogP contribution in [0.25, 0.3) is 0 Å². The first-order chi connectivity index (χ1) is 9.86. The summed E-state index contributed by atoms with van der Waals surface area (Å²) < 4.78 is 5.09. The summed E-state index contributed by atoms with van der Waals surface area (Å²) in [4.78, 5) is 39.3. The van der Waals surface area contributed by atoms with E-state index in [2.05, 4.69) is 25.7 Å². The number of hydrogen-bond acceptors (Lipinski definition) is 6. The predicted octanol–water partition coefficient (Wildman–Crippen LogP) is 1.59. The minimum absolute atomic E-state index is 0.0282. The number of nitro groups is 1. The molecule has 0 N–H and O–H groups in total. The number of aromatic nitrogens is 1. The first kappa shape index (κ1) is 15.4. The Morgan fingerprint density at radius 1 is 1.62 bits per heavy atom. The molecule has 21 heavy (non-hydrogen) atoms. The summed E-state index contributed by atoms with van der Waals surface area (Å²) in [5.74, 6) is -1.57. The fourth-order valence-corrected chi connectivity index (χ4v) is 2.50. The molecule has 1 atom stereocenters. The largest absolute Gasteiger partial charge is 0.469 e. The highest BCUT2D eigenvalue weighted by Crippen LogP contribution is 2.36. The van der Waals surface area contributed by atoms with Gasteiger partial charge < -0.3 is 4.74 Å². The van der Waals surface area contributed by atoms with Crippen molar-refractivity contribution in [3.8, 4) is 0 Å². The van der Waals surface area contributed by atoms with Crippen LogP contribution in [0, 0.1) is 23.0 Å². The fourth-order valence-electron chi connectivity index (χ4n) is 2.21. The highest BCUT2D eigenvalue weighted by Gasteiger charge is 2.39. The number of ether oxygens (including phenoxy) is 1. The molecule has 112 valence electrons. The van der Waals surface area contributed by atoms with Gasteiger partial charge in [0.25, 0.3) is 0 Å². The van der Waals surface area contributed by atoms with Gasteiger partial charge in [0.2, 0.25) is 11.7 Å². The Balaban J connectivity index is 2.43. The van der Waals surface area contributed by atoms with E-state index in [1.165, 1.54) is 18.2 Å². The number of methoxy groups -OCH3 is 1.